The normalized spacial score (nSPS) is 27.1. The first kappa shape index (κ1) is 21.5. The number of ether oxygens (including phenoxy) is 2. The quantitative estimate of drug-likeness (QED) is 0.667. The minimum atomic E-state index is -3.82. The molecule has 3 atom stereocenters. The fourth-order valence-corrected chi connectivity index (χ4v) is 6.30. The number of carbonyl (C=O) groups excluding carboxylic acids is 1. The number of halogens is 1. The monoisotopic (exact) mass is 430 g/mol. The SMILES string of the molecule is COC(=O)c1ccc(Cl)c(S(=O)(=O)N2CCCC2CN2CC(C)OC(C)C2)c1. The van der Waals surface area contributed by atoms with E-state index in [9.17, 15) is 13.2 Å². The van der Waals surface area contributed by atoms with Gasteiger partial charge in [0.15, 0.2) is 0 Å². The van der Waals surface area contributed by atoms with Gasteiger partial charge in [0.25, 0.3) is 0 Å². The summed E-state index contributed by atoms with van der Waals surface area (Å²) >= 11 is 6.20. The third kappa shape index (κ3) is 4.52. The lowest BCUT2D eigenvalue weighted by Crippen LogP contribution is -2.50. The fourth-order valence-electron chi connectivity index (χ4n) is 4.11. The Hall–Kier alpha value is -1.19. The topological polar surface area (TPSA) is 76.2 Å². The molecule has 2 aliphatic heterocycles. The lowest BCUT2D eigenvalue weighted by molar-refractivity contribution is -0.0707. The number of nitrogens with zero attached hydrogens (tertiary/aromatic N) is 2. The number of hydrogen-bond acceptors (Lipinski definition) is 6. The van der Waals surface area contributed by atoms with Gasteiger partial charge in [0.05, 0.1) is 29.9 Å². The third-order valence-corrected chi connectivity index (χ3v) is 7.66. The van der Waals surface area contributed by atoms with Gasteiger partial charge in [-0.15, -0.1) is 0 Å². The van der Waals surface area contributed by atoms with E-state index in [0.29, 0.717) is 13.1 Å². The highest BCUT2D eigenvalue weighted by Crippen LogP contribution is 2.31. The second kappa shape index (κ2) is 8.67. The molecule has 1 aromatic carbocycles. The molecule has 28 heavy (non-hydrogen) atoms. The Kier molecular flexibility index (Phi) is 6.66. The Morgan fingerprint density at radius 3 is 2.61 bits per heavy atom. The van der Waals surface area contributed by atoms with Crippen molar-refractivity contribution in [2.24, 2.45) is 0 Å². The van der Waals surface area contributed by atoms with Crippen LogP contribution in [0.25, 0.3) is 0 Å². The summed E-state index contributed by atoms with van der Waals surface area (Å²) in [5, 5.41) is 0.104. The third-order valence-electron chi connectivity index (χ3n) is 5.23. The van der Waals surface area contributed by atoms with Gasteiger partial charge in [-0.3, -0.25) is 4.90 Å². The average molecular weight is 431 g/mol. The molecule has 2 aliphatic rings. The summed E-state index contributed by atoms with van der Waals surface area (Å²) in [5.41, 5.74) is 0.164. The first-order valence-corrected chi connectivity index (χ1v) is 11.3. The van der Waals surface area contributed by atoms with Crippen LogP contribution in [0.2, 0.25) is 5.02 Å². The molecule has 156 valence electrons. The highest BCUT2D eigenvalue weighted by atomic mass is 35.5. The van der Waals surface area contributed by atoms with Crippen LogP contribution in [0.3, 0.4) is 0 Å². The summed E-state index contributed by atoms with van der Waals surface area (Å²) in [6.07, 6.45) is 1.85. The van der Waals surface area contributed by atoms with Gasteiger partial charge >= 0.3 is 5.97 Å². The molecule has 2 fully saturated rings. The van der Waals surface area contributed by atoms with E-state index >= 15 is 0 Å². The van der Waals surface area contributed by atoms with Crippen molar-refractivity contribution in [2.45, 2.75) is 49.8 Å². The van der Waals surface area contributed by atoms with E-state index in [1.54, 1.807) is 0 Å². The van der Waals surface area contributed by atoms with Crippen molar-refractivity contribution < 1.29 is 22.7 Å². The maximum Gasteiger partial charge on any atom is 0.337 e. The molecule has 0 bridgehead atoms. The van der Waals surface area contributed by atoms with Crippen LogP contribution in [0.4, 0.5) is 0 Å². The Morgan fingerprint density at radius 2 is 1.96 bits per heavy atom. The van der Waals surface area contributed by atoms with Crippen molar-refractivity contribution >= 4 is 27.6 Å². The van der Waals surface area contributed by atoms with Crippen LogP contribution in [0.5, 0.6) is 0 Å². The van der Waals surface area contributed by atoms with Gasteiger partial charge in [0, 0.05) is 32.2 Å². The van der Waals surface area contributed by atoms with Crippen molar-refractivity contribution in [2.75, 3.05) is 33.3 Å². The van der Waals surface area contributed by atoms with Crippen molar-refractivity contribution in [3.63, 3.8) is 0 Å². The Bertz CT molecular complexity index is 822. The van der Waals surface area contributed by atoms with E-state index in [1.807, 2.05) is 13.8 Å². The second-order valence-electron chi connectivity index (χ2n) is 7.52. The smallest absolute Gasteiger partial charge is 0.337 e. The molecule has 0 amide bonds. The molecule has 3 rings (SSSR count). The number of esters is 1. The molecule has 0 radical (unpaired) electrons. The number of morpholine rings is 1. The summed E-state index contributed by atoms with van der Waals surface area (Å²) in [6, 6.07) is 4.07. The molecule has 0 aromatic heterocycles. The zero-order chi connectivity index (χ0) is 20.5. The molecule has 2 saturated heterocycles. The molecular formula is C19H27ClN2O5S. The lowest BCUT2D eigenvalue weighted by Gasteiger charge is -2.38. The summed E-state index contributed by atoms with van der Waals surface area (Å²) in [6.45, 7) is 6.74. The van der Waals surface area contributed by atoms with Crippen LogP contribution < -0.4 is 0 Å². The summed E-state index contributed by atoms with van der Waals surface area (Å²) in [5.74, 6) is -0.595. The largest absolute Gasteiger partial charge is 0.465 e. The van der Waals surface area contributed by atoms with Crippen LogP contribution in [0, 0.1) is 0 Å². The van der Waals surface area contributed by atoms with Gasteiger partial charge in [-0.1, -0.05) is 11.6 Å². The van der Waals surface area contributed by atoms with Crippen molar-refractivity contribution in [1.82, 2.24) is 9.21 Å². The van der Waals surface area contributed by atoms with Crippen molar-refractivity contribution in [1.29, 1.82) is 0 Å². The van der Waals surface area contributed by atoms with E-state index in [2.05, 4.69) is 4.90 Å². The molecule has 1 aromatic rings. The van der Waals surface area contributed by atoms with Gasteiger partial charge in [0.2, 0.25) is 10.0 Å². The zero-order valence-electron chi connectivity index (χ0n) is 16.4. The van der Waals surface area contributed by atoms with Crippen molar-refractivity contribution in [3.05, 3.63) is 28.8 Å². The van der Waals surface area contributed by atoms with Gasteiger partial charge < -0.3 is 9.47 Å². The van der Waals surface area contributed by atoms with Gasteiger partial charge in [-0.2, -0.15) is 4.31 Å². The van der Waals surface area contributed by atoms with E-state index in [4.69, 9.17) is 21.1 Å². The second-order valence-corrected chi connectivity index (χ2v) is 9.79. The van der Waals surface area contributed by atoms with Crippen LogP contribution >= 0.6 is 11.6 Å². The minimum Gasteiger partial charge on any atom is -0.465 e. The molecule has 3 unspecified atom stereocenters. The molecular weight excluding hydrogens is 404 g/mol. The number of carbonyl (C=O) groups is 1. The highest BCUT2D eigenvalue weighted by molar-refractivity contribution is 7.89. The van der Waals surface area contributed by atoms with Crippen LogP contribution in [0.1, 0.15) is 37.0 Å². The zero-order valence-corrected chi connectivity index (χ0v) is 18.0. The highest BCUT2D eigenvalue weighted by Gasteiger charge is 2.38. The Labute approximate surface area is 171 Å². The lowest BCUT2D eigenvalue weighted by atomic mass is 10.1. The first-order chi connectivity index (χ1) is 13.2. The van der Waals surface area contributed by atoms with E-state index in [1.165, 1.54) is 29.6 Å². The minimum absolute atomic E-state index is 0.0484. The van der Waals surface area contributed by atoms with Crippen LogP contribution in [-0.4, -0.2) is 75.1 Å². The summed E-state index contributed by atoms with van der Waals surface area (Å²) in [4.78, 5) is 14.0. The number of benzene rings is 1. The maximum absolute atomic E-state index is 13.3. The maximum atomic E-state index is 13.3. The number of rotatable bonds is 5. The molecule has 0 spiro atoms. The molecule has 0 saturated carbocycles. The first-order valence-electron chi connectivity index (χ1n) is 9.50. The number of methoxy groups -OCH3 is 1. The molecule has 7 nitrogen and oxygen atoms in total. The Morgan fingerprint density at radius 1 is 1.29 bits per heavy atom. The van der Waals surface area contributed by atoms with Crippen LogP contribution in [0.15, 0.2) is 23.1 Å². The molecule has 0 aliphatic carbocycles. The van der Waals surface area contributed by atoms with Gasteiger partial charge in [0.1, 0.15) is 4.90 Å². The standard InChI is InChI=1S/C19H27ClN2O5S/c1-13-10-21(11-14(2)27-13)12-16-5-4-8-22(16)28(24,25)18-9-15(19(23)26-3)6-7-17(18)20/h6-7,9,13-14,16H,4-5,8,10-12H2,1-3H3. The predicted molar refractivity (Wildman–Crippen MR) is 106 cm³/mol. The van der Waals surface area contributed by atoms with Crippen LogP contribution in [-0.2, 0) is 19.5 Å². The van der Waals surface area contributed by atoms with Crippen molar-refractivity contribution in [3.8, 4) is 0 Å². The Balaban J connectivity index is 1.83. The van der Waals surface area contributed by atoms with E-state index in [0.717, 1.165) is 25.9 Å². The van der Waals surface area contributed by atoms with Gasteiger partial charge in [-0.25, -0.2) is 13.2 Å². The van der Waals surface area contributed by atoms with Gasteiger partial charge in [-0.05, 0) is 44.9 Å². The molecule has 2 heterocycles. The summed E-state index contributed by atoms with van der Waals surface area (Å²) < 4.78 is 38.7. The summed E-state index contributed by atoms with van der Waals surface area (Å²) in [7, 11) is -2.57. The average Bonchev–Trinajstić information content (AvgIpc) is 3.09. The van der Waals surface area contributed by atoms with E-state index in [-0.39, 0.29) is 33.7 Å². The van der Waals surface area contributed by atoms with E-state index < -0.39 is 16.0 Å². The number of hydrogen-bond donors (Lipinski definition) is 0. The fraction of sp³-hybridized carbons (Fsp3) is 0.632. The predicted octanol–water partition coefficient (Wildman–Crippen LogP) is 2.39. The number of sulfonamides is 1. The molecule has 0 N–H and O–H groups in total. The molecule has 9 heteroatoms.